The highest BCUT2D eigenvalue weighted by Gasteiger charge is 2.13. The second kappa shape index (κ2) is 6.58. The number of anilines is 1. The first-order valence-electron chi connectivity index (χ1n) is 5.42. The summed E-state index contributed by atoms with van der Waals surface area (Å²) in [6.45, 7) is 0.971. The topological polar surface area (TPSA) is 35.8 Å². The van der Waals surface area contributed by atoms with E-state index in [4.69, 9.17) is 5.26 Å². The van der Waals surface area contributed by atoms with Crippen molar-refractivity contribution in [2.24, 2.45) is 0 Å². The molecule has 2 rings (SSSR count). The molecule has 0 aliphatic carbocycles. The van der Waals surface area contributed by atoms with Gasteiger partial charge in [-0.2, -0.15) is 28.8 Å². The zero-order chi connectivity index (χ0) is 12.1. The third kappa shape index (κ3) is 4.13. The number of benzene rings is 1. The lowest BCUT2D eigenvalue weighted by Crippen LogP contribution is -2.23. The first-order chi connectivity index (χ1) is 8.28. The molecular formula is C12H13BrN2S2. The Labute approximate surface area is 119 Å². The molecule has 1 fully saturated rings. The zero-order valence-electron chi connectivity index (χ0n) is 9.28. The SMILES string of the molecule is N#Cc1cc(Br)cc(NCC2CSCCS2)c1. The predicted molar refractivity (Wildman–Crippen MR) is 80.9 cm³/mol. The maximum absolute atomic E-state index is 8.90. The Hall–Kier alpha value is -0.310. The lowest BCUT2D eigenvalue weighted by atomic mass is 10.2. The monoisotopic (exact) mass is 328 g/mol. The van der Waals surface area contributed by atoms with Crippen LogP contribution in [-0.2, 0) is 0 Å². The van der Waals surface area contributed by atoms with E-state index in [1.165, 1.54) is 17.3 Å². The number of thioether (sulfide) groups is 2. The van der Waals surface area contributed by atoms with Crippen molar-refractivity contribution in [3.63, 3.8) is 0 Å². The maximum Gasteiger partial charge on any atom is 0.0992 e. The van der Waals surface area contributed by atoms with Crippen LogP contribution in [0.25, 0.3) is 0 Å². The maximum atomic E-state index is 8.90. The van der Waals surface area contributed by atoms with Crippen molar-refractivity contribution in [1.29, 1.82) is 5.26 Å². The Balaban J connectivity index is 1.94. The highest BCUT2D eigenvalue weighted by molar-refractivity contribution is 9.10. The summed E-state index contributed by atoms with van der Waals surface area (Å²) in [5, 5.41) is 13.0. The van der Waals surface area contributed by atoms with Crippen molar-refractivity contribution < 1.29 is 0 Å². The van der Waals surface area contributed by atoms with Crippen LogP contribution in [0.5, 0.6) is 0 Å². The van der Waals surface area contributed by atoms with Crippen molar-refractivity contribution in [3.05, 3.63) is 28.2 Å². The van der Waals surface area contributed by atoms with Crippen LogP contribution in [-0.4, -0.2) is 29.1 Å². The van der Waals surface area contributed by atoms with Gasteiger partial charge >= 0.3 is 0 Å². The molecule has 0 radical (unpaired) electrons. The fourth-order valence-electron chi connectivity index (χ4n) is 1.64. The van der Waals surface area contributed by atoms with Crippen LogP contribution in [0.15, 0.2) is 22.7 Å². The summed E-state index contributed by atoms with van der Waals surface area (Å²) < 4.78 is 0.949. The molecule has 17 heavy (non-hydrogen) atoms. The Morgan fingerprint density at radius 3 is 3.00 bits per heavy atom. The molecule has 0 saturated carbocycles. The van der Waals surface area contributed by atoms with Crippen LogP contribution in [0.4, 0.5) is 5.69 Å². The van der Waals surface area contributed by atoms with Gasteiger partial charge in [0.25, 0.3) is 0 Å². The van der Waals surface area contributed by atoms with E-state index in [9.17, 15) is 0 Å². The van der Waals surface area contributed by atoms with Crippen LogP contribution < -0.4 is 5.32 Å². The number of nitrogens with zero attached hydrogens (tertiary/aromatic N) is 1. The number of rotatable bonds is 3. The molecule has 1 saturated heterocycles. The first kappa shape index (κ1) is 13.1. The third-order valence-corrected chi connectivity index (χ3v) is 5.75. The van der Waals surface area contributed by atoms with E-state index >= 15 is 0 Å². The molecule has 1 unspecified atom stereocenters. The van der Waals surface area contributed by atoms with Crippen LogP contribution in [0.2, 0.25) is 0 Å². The van der Waals surface area contributed by atoms with Crippen LogP contribution >= 0.6 is 39.5 Å². The number of hydrogen-bond acceptors (Lipinski definition) is 4. The summed E-state index contributed by atoms with van der Waals surface area (Å²) in [5.74, 6) is 3.74. The van der Waals surface area contributed by atoms with Crippen molar-refractivity contribution in [2.75, 3.05) is 29.1 Å². The van der Waals surface area contributed by atoms with Gasteiger partial charge in [-0.3, -0.25) is 0 Å². The summed E-state index contributed by atoms with van der Waals surface area (Å²) in [7, 11) is 0. The van der Waals surface area contributed by atoms with Gasteiger partial charge in [0.1, 0.15) is 0 Å². The minimum Gasteiger partial charge on any atom is -0.384 e. The van der Waals surface area contributed by atoms with Gasteiger partial charge in [0.2, 0.25) is 0 Å². The molecular weight excluding hydrogens is 316 g/mol. The lowest BCUT2D eigenvalue weighted by molar-refractivity contribution is 1.00. The van der Waals surface area contributed by atoms with Crippen molar-refractivity contribution >= 4 is 45.1 Å². The summed E-state index contributed by atoms with van der Waals surface area (Å²) in [5.41, 5.74) is 1.71. The quantitative estimate of drug-likeness (QED) is 0.919. The largest absolute Gasteiger partial charge is 0.384 e. The molecule has 0 spiro atoms. The van der Waals surface area contributed by atoms with E-state index in [0.29, 0.717) is 10.8 Å². The van der Waals surface area contributed by atoms with Crippen molar-refractivity contribution in [1.82, 2.24) is 0 Å². The van der Waals surface area contributed by atoms with Gasteiger partial charge in [-0.15, -0.1) is 0 Å². The van der Waals surface area contributed by atoms with Crippen LogP contribution in [0, 0.1) is 11.3 Å². The van der Waals surface area contributed by atoms with E-state index in [2.05, 4.69) is 27.3 Å². The van der Waals surface area contributed by atoms with Gasteiger partial charge in [-0.1, -0.05) is 15.9 Å². The fourth-order valence-corrected chi connectivity index (χ4v) is 4.75. The van der Waals surface area contributed by atoms with Crippen LogP contribution in [0.1, 0.15) is 5.56 Å². The van der Waals surface area contributed by atoms with Crippen molar-refractivity contribution in [2.45, 2.75) is 5.25 Å². The number of halogens is 1. The summed E-state index contributed by atoms with van der Waals surface area (Å²) in [4.78, 5) is 0. The van der Waals surface area contributed by atoms with Crippen LogP contribution in [0.3, 0.4) is 0 Å². The number of nitriles is 1. The van der Waals surface area contributed by atoms with E-state index in [-0.39, 0.29) is 0 Å². The van der Waals surface area contributed by atoms with Gasteiger partial charge in [0.15, 0.2) is 0 Å². The molecule has 0 aromatic heterocycles. The van der Waals surface area contributed by atoms with Gasteiger partial charge < -0.3 is 5.32 Å². The Morgan fingerprint density at radius 2 is 2.29 bits per heavy atom. The van der Waals surface area contributed by atoms with Crippen molar-refractivity contribution in [3.8, 4) is 6.07 Å². The normalized spacial score (nSPS) is 19.6. The molecule has 1 heterocycles. The first-order valence-corrected chi connectivity index (χ1v) is 8.41. The second-order valence-electron chi connectivity index (χ2n) is 3.79. The molecule has 1 atom stereocenters. The van der Waals surface area contributed by atoms with E-state index in [0.717, 1.165) is 16.7 Å². The van der Waals surface area contributed by atoms with Gasteiger partial charge in [0.05, 0.1) is 11.6 Å². The molecule has 1 aromatic carbocycles. The third-order valence-electron chi connectivity index (χ3n) is 2.45. The van der Waals surface area contributed by atoms with E-state index < -0.39 is 0 Å². The number of nitrogens with one attached hydrogen (secondary N) is 1. The molecule has 1 aliphatic heterocycles. The lowest BCUT2D eigenvalue weighted by Gasteiger charge is -2.21. The fraction of sp³-hybridized carbons (Fsp3) is 0.417. The smallest absolute Gasteiger partial charge is 0.0992 e. The van der Waals surface area contributed by atoms with Gasteiger partial charge in [-0.05, 0) is 18.2 Å². The Bertz CT molecular complexity index is 425. The molecule has 90 valence electrons. The highest BCUT2D eigenvalue weighted by Crippen LogP contribution is 2.25. The molecule has 1 aromatic rings. The van der Waals surface area contributed by atoms with E-state index in [1.807, 2.05) is 41.7 Å². The van der Waals surface area contributed by atoms with E-state index in [1.54, 1.807) is 0 Å². The molecule has 0 bridgehead atoms. The summed E-state index contributed by atoms with van der Waals surface area (Å²) >= 11 is 7.48. The second-order valence-corrected chi connectivity index (χ2v) is 7.26. The zero-order valence-corrected chi connectivity index (χ0v) is 12.5. The Morgan fingerprint density at radius 1 is 1.41 bits per heavy atom. The van der Waals surface area contributed by atoms with Gasteiger partial charge in [0, 0.05) is 39.2 Å². The summed E-state index contributed by atoms with van der Waals surface area (Å²) in [6, 6.07) is 7.91. The molecule has 5 heteroatoms. The minimum absolute atomic E-state index is 0.679. The highest BCUT2D eigenvalue weighted by atomic mass is 79.9. The molecule has 1 aliphatic rings. The minimum atomic E-state index is 0.679. The summed E-state index contributed by atoms with van der Waals surface area (Å²) in [6.07, 6.45) is 0. The average Bonchev–Trinajstić information content (AvgIpc) is 2.37. The van der Waals surface area contributed by atoms with Gasteiger partial charge in [-0.25, -0.2) is 0 Å². The molecule has 1 N–H and O–H groups in total. The standard InChI is InChI=1S/C12H13BrN2S2/c13-10-3-9(6-14)4-11(5-10)15-7-12-8-16-1-2-17-12/h3-5,12,15H,1-2,7-8H2. The molecule has 0 amide bonds. The number of hydrogen-bond donors (Lipinski definition) is 1. The molecule has 2 nitrogen and oxygen atoms in total. The predicted octanol–water partition coefficient (Wildman–Crippen LogP) is 3.58. The Kier molecular flexibility index (Phi) is 5.08. The average molecular weight is 329 g/mol.